The number of carbonyl (C=O) groups excluding carboxylic acids is 1. The van der Waals surface area contributed by atoms with Crippen molar-refractivity contribution in [3.8, 4) is 5.75 Å². The van der Waals surface area contributed by atoms with Gasteiger partial charge in [0.25, 0.3) is 0 Å². The van der Waals surface area contributed by atoms with Gasteiger partial charge < -0.3 is 15.0 Å². The topological polar surface area (TPSA) is 97.7 Å². The van der Waals surface area contributed by atoms with E-state index in [1.54, 1.807) is 11.8 Å². The molecule has 29 heavy (non-hydrogen) atoms. The van der Waals surface area contributed by atoms with Gasteiger partial charge >= 0.3 is 0 Å². The number of aryl methyl sites for hydroxylation is 1. The Bertz CT molecular complexity index is 1070. The monoisotopic (exact) mass is 390 g/mol. The second kappa shape index (κ2) is 8.55. The number of rotatable bonds is 8. The van der Waals surface area contributed by atoms with Crippen LogP contribution in [0.4, 0.5) is 0 Å². The molecule has 0 saturated carbocycles. The minimum absolute atomic E-state index is 0.00837. The number of amides is 1. The largest absolute Gasteiger partial charge is 0.497 e. The summed E-state index contributed by atoms with van der Waals surface area (Å²) < 4.78 is 6.82. The lowest BCUT2D eigenvalue weighted by atomic mass is 9.90. The fourth-order valence-corrected chi connectivity index (χ4v) is 3.43. The highest BCUT2D eigenvalue weighted by Gasteiger charge is 2.19. The molecular formula is C21H22N6O2. The van der Waals surface area contributed by atoms with Crippen molar-refractivity contribution in [2.24, 2.45) is 0 Å². The number of fused-ring (bicyclic) bond motifs is 1. The van der Waals surface area contributed by atoms with Gasteiger partial charge in [0.2, 0.25) is 5.91 Å². The molecule has 4 aromatic rings. The Kier molecular flexibility index (Phi) is 5.51. The van der Waals surface area contributed by atoms with Gasteiger partial charge in [0.05, 0.1) is 13.7 Å². The fraction of sp³-hybridized carbons (Fsp3) is 0.238. The van der Waals surface area contributed by atoms with E-state index in [9.17, 15) is 4.79 Å². The molecule has 2 N–H and O–H groups in total. The summed E-state index contributed by atoms with van der Waals surface area (Å²) in [6.45, 7) is 0.932. The summed E-state index contributed by atoms with van der Waals surface area (Å²) in [6.07, 6.45) is 3.83. The number of aromatic amines is 1. The average Bonchev–Trinajstić information content (AvgIpc) is 3.43. The maximum atomic E-state index is 12.4. The SMILES string of the molecule is COc1ccc([C@H](CNC(=O)CCn2cnnn2)c2c[nH]c3ccccc23)cc1. The molecule has 2 aromatic carbocycles. The normalized spacial score (nSPS) is 12.0. The highest BCUT2D eigenvalue weighted by Crippen LogP contribution is 2.31. The average molecular weight is 390 g/mol. The van der Waals surface area contributed by atoms with Crippen molar-refractivity contribution in [3.63, 3.8) is 0 Å². The summed E-state index contributed by atoms with van der Waals surface area (Å²) in [5, 5.41) is 15.1. The number of nitrogens with one attached hydrogen (secondary N) is 2. The molecule has 0 spiro atoms. The van der Waals surface area contributed by atoms with Crippen molar-refractivity contribution in [1.82, 2.24) is 30.5 Å². The molecule has 0 radical (unpaired) electrons. The predicted molar refractivity (Wildman–Crippen MR) is 109 cm³/mol. The summed E-state index contributed by atoms with van der Waals surface area (Å²) in [5.74, 6) is 0.768. The smallest absolute Gasteiger partial charge is 0.221 e. The molecule has 0 saturated heterocycles. The van der Waals surface area contributed by atoms with E-state index in [0.29, 0.717) is 19.5 Å². The van der Waals surface area contributed by atoms with E-state index >= 15 is 0 Å². The second-order valence-corrected chi connectivity index (χ2v) is 6.74. The zero-order valence-electron chi connectivity index (χ0n) is 16.1. The Morgan fingerprint density at radius 1 is 1.21 bits per heavy atom. The number of para-hydroxylation sites is 1. The van der Waals surface area contributed by atoms with Crippen molar-refractivity contribution >= 4 is 16.8 Å². The first-order chi connectivity index (χ1) is 14.2. The summed E-state index contributed by atoms with van der Waals surface area (Å²) >= 11 is 0. The predicted octanol–water partition coefficient (Wildman–Crippen LogP) is 2.50. The molecule has 148 valence electrons. The van der Waals surface area contributed by atoms with Crippen molar-refractivity contribution in [3.05, 3.63) is 72.2 Å². The molecule has 0 aliphatic rings. The van der Waals surface area contributed by atoms with E-state index in [1.807, 2.05) is 42.6 Å². The Balaban J connectivity index is 1.54. The summed E-state index contributed by atoms with van der Waals surface area (Å²) in [6, 6.07) is 16.1. The Hall–Kier alpha value is -3.68. The highest BCUT2D eigenvalue weighted by molar-refractivity contribution is 5.84. The van der Waals surface area contributed by atoms with Crippen LogP contribution in [0.2, 0.25) is 0 Å². The van der Waals surface area contributed by atoms with Gasteiger partial charge in [0.15, 0.2) is 0 Å². The molecule has 1 atom stereocenters. The Labute approximate surface area is 167 Å². The van der Waals surface area contributed by atoms with E-state index in [0.717, 1.165) is 27.8 Å². The van der Waals surface area contributed by atoms with E-state index in [-0.39, 0.29) is 11.8 Å². The Morgan fingerprint density at radius 3 is 2.79 bits per heavy atom. The van der Waals surface area contributed by atoms with Gasteiger partial charge in [-0.3, -0.25) is 4.79 Å². The summed E-state index contributed by atoms with van der Waals surface area (Å²) in [4.78, 5) is 15.7. The molecule has 2 heterocycles. The third kappa shape index (κ3) is 4.26. The molecule has 0 fully saturated rings. The van der Waals surface area contributed by atoms with Crippen LogP contribution in [0.3, 0.4) is 0 Å². The lowest BCUT2D eigenvalue weighted by molar-refractivity contribution is -0.121. The van der Waals surface area contributed by atoms with Crippen LogP contribution in [-0.2, 0) is 11.3 Å². The third-order valence-corrected chi connectivity index (χ3v) is 4.98. The van der Waals surface area contributed by atoms with E-state index in [4.69, 9.17) is 4.74 Å². The quantitative estimate of drug-likeness (QED) is 0.482. The minimum Gasteiger partial charge on any atom is -0.497 e. The third-order valence-electron chi connectivity index (χ3n) is 4.98. The van der Waals surface area contributed by atoms with Crippen molar-refractivity contribution in [1.29, 1.82) is 0 Å². The number of benzene rings is 2. The minimum atomic E-state index is -0.0427. The van der Waals surface area contributed by atoms with Crippen molar-refractivity contribution in [2.45, 2.75) is 18.9 Å². The van der Waals surface area contributed by atoms with Gasteiger partial charge in [0, 0.05) is 36.0 Å². The van der Waals surface area contributed by atoms with Crippen LogP contribution < -0.4 is 10.1 Å². The maximum absolute atomic E-state index is 12.4. The second-order valence-electron chi connectivity index (χ2n) is 6.74. The molecule has 0 aliphatic heterocycles. The first-order valence-electron chi connectivity index (χ1n) is 9.42. The number of tetrazole rings is 1. The first kappa shape index (κ1) is 18.7. The number of aromatic nitrogens is 5. The number of ether oxygens (including phenoxy) is 1. The van der Waals surface area contributed by atoms with Gasteiger partial charge in [-0.05, 0) is 39.8 Å². The highest BCUT2D eigenvalue weighted by atomic mass is 16.5. The Morgan fingerprint density at radius 2 is 2.03 bits per heavy atom. The summed E-state index contributed by atoms with van der Waals surface area (Å²) in [5.41, 5.74) is 3.33. The number of methoxy groups -OCH3 is 1. The first-order valence-corrected chi connectivity index (χ1v) is 9.42. The van der Waals surface area contributed by atoms with E-state index < -0.39 is 0 Å². The molecular weight excluding hydrogens is 368 g/mol. The van der Waals surface area contributed by atoms with Gasteiger partial charge in [-0.25, -0.2) is 4.68 Å². The molecule has 0 unspecified atom stereocenters. The lowest BCUT2D eigenvalue weighted by Crippen LogP contribution is -2.29. The molecule has 2 aromatic heterocycles. The molecule has 8 nitrogen and oxygen atoms in total. The molecule has 0 bridgehead atoms. The fourth-order valence-electron chi connectivity index (χ4n) is 3.43. The van der Waals surface area contributed by atoms with Crippen LogP contribution >= 0.6 is 0 Å². The number of carbonyl (C=O) groups is 1. The zero-order valence-corrected chi connectivity index (χ0v) is 16.1. The van der Waals surface area contributed by atoms with Crippen LogP contribution in [-0.4, -0.2) is 44.8 Å². The van der Waals surface area contributed by atoms with Crippen LogP contribution in [0.5, 0.6) is 5.75 Å². The standard InChI is InChI=1S/C21H22N6O2/c1-29-16-8-6-15(7-9-16)18(19-13-22-20-5-3-2-4-17(19)20)12-23-21(28)10-11-27-14-24-25-26-27/h2-9,13-14,18,22H,10-12H2,1H3,(H,23,28)/t18-/m0/s1. The van der Waals surface area contributed by atoms with Crippen LogP contribution in [0.1, 0.15) is 23.5 Å². The number of hydrogen-bond acceptors (Lipinski definition) is 5. The van der Waals surface area contributed by atoms with Crippen molar-refractivity contribution in [2.75, 3.05) is 13.7 Å². The molecule has 4 rings (SSSR count). The molecule has 1 amide bonds. The van der Waals surface area contributed by atoms with Gasteiger partial charge in [-0.2, -0.15) is 0 Å². The van der Waals surface area contributed by atoms with Gasteiger partial charge in [0.1, 0.15) is 12.1 Å². The van der Waals surface area contributed by atoms with Crippen molar-refractivity contribution < 1.29 is 9.53 Å². The zero-order chi connectivity index (χ0) is 20.1. The summed E-state index contributed by atoms with van der Waals surface area (Å²) in [7, 11) is 1.65. The van der Waals surface area contributed by atoms with Gasteiger partial charge in [-0.15, -0.1) is 5.10 Å². The van der Waals surface area contributed by atoms with E-state index in [2.05, 4.69) is 38.0 Å². The van der Waals surface area contributed by atoms with Crippen LogP contribution in [0, 0.1) is 0 Å². The van der Waals surface area contributed by atoms with Crippen LogP contribution in [0.15, 0.2) is 61.1 Å². The lowest BCUT2D eigenvalue weighted by Gasteiger charge is -2.18. The molecule has 8 heteroatoms. The molecule has 0 aliphatic carbocycles. The number of nitrogens with zero attached hydrogens (tertiary/aromatic N) is 4. The number of hydrogen-bond donors (Lipinski definition) is 2. The van der Waals surface area contributed by atoms with Crippen LogP contribution in [0.25, 0.3) is 10.9 Å². The van der Waals surface area contributed by atoms with E-state index in [1.165, 1.54) is 6.33 Å². The number of H-pyrrole nitrogens is 1. The maximum Gasteiger partial charge on any atom is 0.221 e. The van der Waals surface area contributed by atoms with Gasteiger partial charge in [-0.1, -0.05) is 30.3 Å².